The van der Waals surface area contributed by atoms with E-state index in [1.165, 1.54) is 0 Å². The summed E-state index contributed by atoms with van der Waals surface area (Å²) in [4.78, 5) is 52.0. The Morgan fingerprint density at radius 2 is 1.64 bits per heavy atom. The number of carboxylic acid groups (broad SMARTS) is 2. The van der Waals surface area contributed by atoms with E-state index in [0.717, 1.165) is 21.8 Å². The number of amides is 2. The van der Waals surface area contributed by atoms with E-state index in [9.17, 15) is 29.4 Å². The number of rotatable bonds is 10. The molecule has 9 heteroatoms. The molecule has 2 heterocycles. The number of fused-ring (bicyclic) bond motifs is 1. The highest BCUT2D eigenvalue weighted by atomic mass is 32.2. The van der Waals surface area contributed by atoms with Crippen molar-refractivity contribution < 1.29 is 29.4 Å². The molecule has 0 saturated carbocycles. The predicted octanol–water partition coefficient (Wildman–Crippen LogP) is 3.15. The first kappa shape index (κ1) is 25.7. The van der Waals surface area contributed by atoms with Gasteiger partial charge in [-0.05, 0) is 35.1 Å². The van der Waals surface area contributed by atoms with Crippen molar-refractivity contribution in [1.29, 1.82) is 0 Å². The van der Waals surface area contributed by atoms with Gasteiger partial charge in [-0.25, -0.2) is 0 Å². The van der Waals surface area contributed by atoms with Crippen LogP contribution in [-0.2, 0) is 19.2 Å². The van der Waals surface area contributed by atoms with Gasteiger partial charge in [0.2, 0.25) is 11.8 Å². The van der Waals surface area contributed by atoms with Crippen molar-refractivity contribution in [3.63, 3.8) is 0 Å². The fraction of sp³-hybridized carbons (Fsp3) is 0.333. The zero-order valence-electron chi connectivity index (χ0n) is 19.8. The standard InChI is InChI=1S/C27H28N2O6S/c1-36-15-5-14-29-24(32)21-22(25(29)33)27(26(34)35,16-20(30)31)28-23(21)19-12-10-18(11-13-19)9-8-17-6-3-2-4-7-17/h2-4,6-13,21-23,28H,5,14-16H2,1H3,(H,30,31)(H,34,35). The van der Waals surface area contributed by atoms with Crippen LogP contribution in [0.1, 0.15) is 35.6 Å². The quantitative estimate of drug-likeness (QED) is 0.254. The maximum atomic E-state index is 13.4. The summed E-state index contributed by atoms with van der Waals surface area (Å²) in [5, 5.41) is 22.6. The van der Waals surface area contributed by atoms with Crippen LogP contribution >= 0.6 is 11.8 Å². The van der Waals surface area contributed by atoms with Gasteiger partial charge in [-0.2, -0.15) is 11.8 Å². The molecule has 4 atom stereocenters. The van der Waals surface area contributed by atoms with Crippen LogP contribution in [0.2, 0.25) is 0 Å². The number of carboxylic acids is 2. The third kappa shape index (κ3) is 4.81. The average molecular weight is 509 g/mol. The van der Waals surface area contributed by atoms with Crippen LogP contribution in [0.25, 0.3) is 12.2 Å². The van der Waals surface area contributed by atoms with Crippen LogP contribution in [0.15, 0.2) is 54.6 Å². The SMILES string of the molecule is CSCCCN1C(=O)C2C(c3ccc(C=Cc4ccccc4)cc3)NC(CC(=O)O)(C(=O)O)C2C1=O. The van der Waals surface area contributed by atoms with E-state index in [0.29, 0.717) is 12.0 Å². The first-order valence-electron chi connectivity index (χ1n) is 11.7. The third-order valence-corrected chi connectivity index (χ3v) is 7.55. The normalized spacial score (nSPS) is 25.5. The summed E-state index contributed by atoms with van der Waals surface area (Å²) in [7, 11) is 0. The van der Waals surface area contributed by atoms with Crippen molar-refractivity contribution in [2.24, 2.45) is 11.8 Å². The second kappa shape index (κ2) is 10.7. The lowest BCUT2D eigenvalue weighted by molar-refractivity contribution is -0.156. The Morgan fingerprint density at radius 1 is 1.00 bits per heavy atom. The fourth-order valence-electron chi connectivity index (χ4n) is 5.18. The molecule has 3 N–H and O–H groups in total. The number of nitrogens with one attached hydrogen (secondary N) is 1. The van der Waals surface area contributed by atoms with Crippen molar-refractivity contribution in [3.8, 4) is 0 Å². The molecule has 0 aromatic heterocycles. The van der Waals surface area contributed by atoms with Gasteiger partial charge in [-0.15, -0.1) is 0 Å². The second-order valence-corrected chi connectivity index (χ2v) is 10.0. The minimum Gasteiger partial charge on any atom is -0.481 e. The van der Waals surface area contributed by atoms with Gasteiger partial charge < -0.3 is 10.2 Å². The molecular weight excluding hydrogens is 480 g/mol. The van der Waals surface area contributed by atoms with Crippen LogP contribution in [-0.4, -0.2) is 63.0 Å². The van der Waals surface area contributed by atoms with Gasteiger partial charge >= 0.3 is 11.9 Å². The van der Waals surface area contributed by atoms with Crippen molar-refractivity contribution >= 4 is 47.7 Å². The van der Waals surface area contributed by atoms with E-state index in [-0.39, 0.29) is 6.54 Å². The van der Waals surface area contributed by atoms with Gasteiger partial charge in [-0.1, -0.05) is 66.7 Å². The highest BCUT2D eigenvalue weighted by Gasteiger charge is 2.68. The molecule has 36 heavy (non-hydrogen) atoms. The number of nitrogens with zero attached hydrogens (tertiary/aromatic N) is 1. The molecule has 0 bridgehead atoms. The highest BCUT2D eigenvalue weighted by molar-refractivity contribution is 7.98. The van der Waals surface area contributed by atoms with Crippen LogP contribution < -0.4 is 5.32 Å². The number of carbonyl (C=O) groups is 4. The minimum atomic E-state index is -2.08. The minimum absolute atomic E-state index is 0.185. The number of imide groups is 1. The summed E-state index contributed by atoms with van der Waals surface area (Å²) < 4.78 is 0. The van der Waals surface area contributed by atoms with Gasteiger partial charge in [-0.3, -0.25) is 29.4 Å². The Labute approximate surface area is 213 Å². The van der Waals surface area contributed by atoms with E-state index >= 15 is 0 Å². The summed E-state index contributed by atoms with van der Waals surface area (Å²) in [6.45, 7) is 0.185. The Bertz CT molecular complexity index is 1180. The lowest BCUT2D eigenvalue weighted by Gasteiger charge is -2.29. The van der Waals surface area contributed by atoms with Crippen LogP contribution in [0, 0.1) is 11.8 Å². The summed E-state index contributed by atoms with van der Waals surface area (Å²) >= 11 is 1.58. The Hall–Kier alpha value is -3.43. The first-order valence-corrected chi connectivity index (χ1v) is 13.1. The molecular formula is C27H28N2O6S. The molecule has 2 aromatic carbocycles. The summed E-state index contributed by atoms with van der Waals surface area (Å²) in [6.07, 6.45) is 5.59. The number of carbonyl (C=O) groups excluding carboxylic acids is 2. The zero-order chi connectivity index (χ0) is 25.9. The van der Waals surface area contributed by atoms with Gasteiger partial charge in [0.05, 0.1) is 18.3 Å². The molecule has 2 aliphatic heterocycles. The average Bonchev–Trinajstić information content (AvgIpc) is 3.33. The van der Waals surface area contributed by atoms with E-state index in [1.807, 2.05) is 60.9 Å². The molecule has 2 aliphatic rings. The number of hydrogen-bond acceptors (Lipinski definition) is 6. The zero-order valence-corrected chi connectivity index (χ0v) is 20.6. The highest BCUT2D eigenvalue weighted by Crippen LogP contribution is 2.50. The van der Waals surface area contributed by atoms with E-state index in [1.54, 1.807) is 23.9 Å². The molecule has 0 aliphatic carbocycles. The predicted molar refractivity (Wildman–Crippen MR) is 137 cm³/mol. The molecule has 8 nitrogen and oxygen atoms in total. The van der Waals surface area contributed by atoms with Gasteiger partial charge in [0.15, 0.2) is 0 Å². The summed E-state index contributed by atoms with van der Waals surface area (Å²) in [6, 6.07) is 16.3. The molecule has 0 spiro atoms. The lowest BCUT2D eigenvalue weighted by atomic mass is 9.77. The van der Waals surface area contributed by atoms with Gasteiger partial charge in [0, 0.05) is 12.6 Å². The molecule has 2 fully saturated rings. The van der Waals surface area contributed by atoms with Crippen molar-refractivity contribution in [2.45, 2.75) is 24.4 Å². The van der Waals surface area contributed by atoms with Crippen molar-refractivity contribution in [3.05, 3.63) is 71.3 Å². The molecule has 2 amide bonds. The monoisotopic (exact) mass is 508 g/mol. The first-order chi connectivity index (χ1) is 17.3. The van der Waals surface area contributed by atoms with Crippen LogP contribution in [0.3, 0.4) is 0 Å². The maximum Gasteiger partial charge on any atom is 0.325 e. The smallest absolute Gasteiger partial charge is 0.325 e. The second-order valence-electron chi connectivity index (χ2n) is 9.06. The maximum absolute atomic E-state index is 13.4. The molecule has 4 rings (SSSR count). The molecule has 188 valence electrons. The molecule has 2 saturated heterocycles. The summed E-state index contributed by atoms with van der Waals surface area (Å²) in [5.74, 6) is -5.42. The topological polar surface area (TPSA) is 124 Å². The van der Waals surface area contributed by atoms with Crippen LogP contribution in [0.4, 0.5) is 0 Å². The number of thioether (sulfide) groups is 1. The van der Waals surface area contributed by atoms with Crippen molar-refractivity contribution in [1.82, 2.24) is 10.2 Å². The van der Waals surface area contributed by atoms with Gasteiger partial charge in [0.25, 0.3) is 0 Å². The number of benzene rings is 2. The molecule has 2 aromatic rings. The Morgan fingerprint density at radius 3 is 2.22 bits per heavy atom. The van der Waals surface area contributed by atoms with E-state index in [2.05, 4.69) is 5.32 Å². The number of likely N-dealkylation sites (tertiary alicyclic amines) is 1. The fourth-order valence-corrected chi connectivity index (χ4v) is 5.60. The van der Waals surface area contributed by atoms with Gasteiger partial charge in [0.1, 0.15) is 5.54 Å². The van der Waals surface area contributed by atoms with Crippen LogP contribution in [0.5, 0.6) is 0 Å². The Balaban J connectivity index is 1.66. The number of aliphatic carboxylic acids is 2. The molecule has 0 radical (unpaired) electrons. The van der Waals surface area contributed by atoms with E-state index < -0.39 is 53.6 Å². The largest absolute Gasteiger partial charge is 0.481 e. The summed E-state index contributed by atoms with van der Waals surface area (Å²) in [5.41, 5.74) is 0.495. The number of hydrogen-bond donors (Lipinski definition) is 3. The molecule has 4 unspecified atom stereocenters. The van der Waals surface area contributed by atoms with E-state index in [4.69, 9.17) is 0 Å². The van der Waals surface area contributed by atoms with Crippen molar-refractivity contribution in [2.75, 3.05) is 18.6 Å². The Kier molecular flexibility index (Phi) is 7.61. The third-order valence-electron chi connectivity index (χ3n) is 6.85. The lowest BCUT2D eigenvalue weighted by Crippen LogP contribution is -2.57.